The molecule has 3 unspecified atom stereocenters. The zero-order valence-electron chi connectivity index (χ0n) is 10.1. The summed E-state index contributed by atoms with van der Waals surface area (Å²) < 4.78 is 11.1. The van der Waals surface area contributed by atoms with Gasteiger partial charge in [0.05, 0.1) is 10.8 Å². The van der Waals surface area contributed by atoms with Crippen molar-refractivity contribution in [2.75, 3.05) is 0 Å². The summed E-state index contributed by atoms with van der Waals surface area (Å²) in [6, 6.07) is 8.86. The fourth-order valence-electron chi connectivity index (χ4n) is 1.37. The fourth-order valence-corrected chi connectivity index (χ4v) is 2.77. The van der Waals surface area contributed by atoms with Crippen molar-refractivity contribution in [3.63, 3.8) is 0 Å². The Morgan fingerprint density at radius 2 is 1.94 bits per heavy atom. The van der Waals surface area contributed by atoms with Gasteiger partial charge in [-0.1, -0.05) is 50.1 Å². The van der Waals surface area contributed by atoms with Gasteiger partial charge < -0.3 is 0 Å². The van der Waals surface area contributed by atoms with Crippen LogP contribution in [0.1, 0.15) is 26.7 Å². The van der Waals surface area contributed by atoms with Gasteiger partial charge in [-0.15, -0.1) is 0 Å². The van der Waals surface area contributed by atoms with Crippen LogP contribution in [0, 0.1) is 5.92 Å². The zero-order chi connectivity index (χ0) is 12.8. The monoisotopic (exact) mass is 272 g/mol. The van der Waals surface area contributed by atoms with Crippen molar-refractivity contribution in [1.29, 1.82) is 0 Å². The number of hydrogen-bond donors (Lipinski definition) is 0. The van der Waals surface area contributed by atoms with Crippen LogP contribution < -0.4 is 0 Å². The highest BCUT2D eigenvalue weighted by molar-refractivity contribution is 7.88. The predicted octanol–water partition coefficient (Wildman–Crippen LogP) is 3.36. The number of alkyl halides is 1. The van der Waals surface area contributed by atoms with Crippen LogP contribution in [0.4, 0.5) is 0 Å². The molecule has 94 valence electrons. The maximum Gasteiger partial charge on any atom is 0.171 e. The first-order valence-electron chi connectivity index (χ1n) is 5.68. The number of halogens is 1. The molecule has 0 spiro atoms. The van der Waals surface area contributed by atoms with Gasteiger partial charge in [0.2, 0.25) is 0 Å². The number of carbonyl (C=O) groups is 1. The van der Waals surface area contributed by atoms with E-state index < -0.39 is 15.5 Å². The lowest BCUT2D eigenvalue weighted by Gasteiger charge is -2.11. The molecule has 0 amide bonds. The molecule has 0 saturated carbocycles. The van der Waals surface area contributed by atoms with E-state index in [1.54, 1.807) is 24.3 Å². The third-order valence-electron chi connectivity index (χ3n) is 2.66. The van der Waals surface area contributed by atoms with Crippen LogP contribution in [0.25, 0.3) is 0 Å². The molecule has 1 aromatic rings. The van der Waals surface area contributed by atoms with Gasteiger partial charge in [0.15, 0.2) is 10.5 Å². The van der Waals surface area contributed by atoms with Gasteiger partial charge in [0, 0.05) is 11.3 Å². The van der Waals surface area contributed by atoms with Crippen LogP contribution in [0.5, 0.6) is 0 Å². The molecular weight excluding hydrogens is 256 g/mol. The molecule has 1 rings (SSSR count). The number of carbonyl (C=O) groups excluding carboxylic acids is 1. The molecule has 0 N–H and O–H groups in total. The lowest BCUT2D eigenvalue weighted by Crippen LogP contribution is -2.22. The predicted molar refractivity (Wildman–Crippen MR) is 71.6 cm³/mol. The smallest absolute Gasteiger partial charge is 0.171 e. The number of hydrogen-bond acceptors (Lipinski definition) is 2. The SMILES string of the molecule is CCC(C)CC(=O)C(Cl)S(=O)c1ccccc1. The fraction of sp³-hybridized carbons (Fsp3) is 0.462. The Hall–Kier alpha value is -0.670. The van der Waals surface area contributed by atoms with Crippen molar-refractivity contribution < 1.29 is 9.00 Å². The summed E-state index contributed by atoms with van der Waals surface area (Å²) in [5.41, 5.74) is 0. The van der Waals surface area contributed by atoms with Gasteiger partial charge in [-0.2, -0.15) is 0 Å². The normalized spacial score (nSPS) is 16.2. The molecule has 0 radical (unpaired) electrons. The van der Waals surface area contributed by atoms with E-state index >= 15 is 0 Å². The van der Waals surface area contributed by atoms with Crippen LogP contribution in [-0.4, -0.2) is 14.7 Å². The van der Waals surface area contributed by atoms with Gasteiger partial charge >= 0.3 is 0 Å². The van der Waals surface area contributed by atoms with Gasteiger partial charge in [-0.05, 0) is 18.1 Å². The Labute approximate surface area is 110 Å². The summed E-state index contributed by atoms with van der Waals surface area (Å²) in [6.45, 7) is 4.02. The minimum atomic E-state index is -1.46. The second-order valence-electron chi connectivity index (χ2n) is 4.11. The Morgan fingerprint density at radius 3 is 2.47 bits per heavy atom. The number of benzene rings is 1. The van der Waals surface area contributed by atoms with Crippen molar-refractivity contribution >= 4 is 28.2 Å². The number of ketones is 1. The molecule has 0 bridgehead atoms. The molecular formula is C13H17ClO2S. The van der Waals surface area contributed by atoms with E-state index in [-0.39, 0.29) is 11.7 Å². The van der Waals surface area contributed by atoms with Crippen molar-refractivity contribution in [3.8, 4) is 0 Å². The molecule has 1 aromatic carbocycles. The minimum Gasteiger partial charge on any atom is -0.297 e. The Bertz CT molecular complexity index is 392. The highest BCUT2D eigenvalue weighted by atomic mass is 35.5. The first-order valence-corrected chi connectivity index (χ1v) is 7.33. The quantitative estimate of drug-likeness (QED) is 0.744. The van der Waals surface area contributed by atoms with Crippen molar-refractivity contribution in [3.05, 3.63) is 30.3 Å². The Balaban J connectivity index is 2.67. The topological polar surface area (TPSA) is 34.1 Å². The molecule has 0 aliphatic heterocycles. The van der Waals surface area contributed by atoms with Crippen molar-refractivity contribution in [1.82, 2.24) is 0 Å². The summed E-state index contributed by atoms with van der Waals surface area (Å²) in [4.78, 5) is 12.4. The standard InChI is InChI=1S/C13H17ClO2S/c1-3-10(2)9-12(15)13(14)17(16)11-7-5-4-6-8-11/h4-8,10,13H,3,9H2,1-2H3. The van der Waals surface area contributed by atoms with Crippen LogP contribution >= 0.6 is 11.6 Å². The lowest BCUT2D eigenvalue weighted by molar-refractivity contribution is -0.118. The van der Waals surface area contributed by atoms with E-state index in [1.807, 2.05) is 19.9 Å². The molecule has 0 saturated heterocycles. The second kappa shape index (κ2) is 6.92. The third kappa shape index (κ3) is 4.25. The average Bonchev–Trinajstić information content (AvgIpc) is 2.37. The van der Waals surface area contributed by atoms with Gasteiger partial charge in [0.25, 0.3) is 0 Å². The zero-order valence-corrected chi connectivity index (χ0v) is 11.6. The first-order chi connectivity index (χ1) is 8.06. The van der Waals surface area contributed by atoms with Gasteiger partial charge in [-0.25, -0.2) is 0 Å². The molecule has 0 heterocycles. The Kier molecular flexibility index (Phi) is 5.86. The van der Waals surface area contributed by atoms with Gasteiger partial charge in [0.1, 0.15) is 0 Å². The maximum atomic E-state index is 12.0. The summed E-state index contributed by atoms with van der Waals surface area (Å²) >= 11 is 5.97. The maximum absolute atomic E-state index is 12.0. The number of rotatable bonds is 6. The van der Waals surface area contributed by atoms with E-state index in [1.165, 1.54) is 0 Å². The van der Waals surface area contributed by atoms with Crippen molar-refractivity contribution in [2.24, 2.45) is 5.92 Å². The largest absolute Gasteiger partial charge is 0.297 e. The second-order valence-corrected chi connectivity index (χ2v) is 6.34. The van der Waals surface area contributed by atoms with E-state index in [9.17, 15) is 9.00 Å². The summed E-state index contributed by atoms with van der Waals surface area (Å²) in [6.07, 6.45) is 1.32. The van der Waals surface area contributed by atoms with E-state index in [0.29, 0.717) is 11.3 Å². The number of Topliss-reactive ketones (excluding diaryl/α,β-unsaturated/α-hetero) is 1. The van der Waals surface area contributed by atoms with E-state index in [2.05, 4.69) is 0 Å². The summed E-state index contributed by atoms with van der Waals surface area (Å²) in [5.74, 6) is 0.153. The van der Waals surface area contributed by atoms with E-state index in [0.717, 1.165) is 6.42 Å². The third-order valence-corrected chi connectivity index (χ3v) is 4.77. The van der Waals surface area contributed by atoms with Crippen molar-refractivity contribution in [2.45, 2.75) is 36.3 Å². The van der Waals surface area contributed by atoms with Crippen LogP contribution in [0.3, 0.4) is 0 Å². The van der Waals surface area contributed by atoms with Crippen LogP contribution in [-0.2, 0) is 15.6 Å². The highest BCUT2D eigenvalue weighted by Gasteiger charge is 2.24. The minimum absolute atomic E-state index is 0.136. The average molecular weight is 273 g/mol. The Morgan fingerprint density at radius 1 is 1.35 bits per heavy atom. The summed E-state index contributed by atoms with van der Waals surface area (Å²) in [7, 11) is -1.46. The summed E-state index contributed by atoms with van der Waals surface area (Å²) in [5, 5.41) is 0. The molecule has 2 nitrogen and oxygen atoms in total. The molecule has 0 aliphatic rings. The molecule has 3 atom stereocenters. The molecule has 0 fully saturated rings. The van der Waals surface area contributed by atoms with E-state index in [4.69, 9.17) is 11.6 Å². The lowest BCUT2D eigenvalue weighted by atomic mass is 10.0. The van der Waals surface area contributed by atoms with Crippen LogP contribution in [0.15, 0.2) is 35.2 Å². The molecule has 4 heteroatoms. The molecule has 0 aliphatic carbocycles. The highest BCUT2D eigenvalue weighted by Crippen LogP contribution is 2.18. The molecule has 17 heavy (non-hydrogen) atoms. The first kappa shape index (κ1) is 14.4. The van der Waals surface area contributed by atoms with Gasteiger partial charge in [-0.3, -0.25) is 9.00 Å². The molecule has 0 aromatic heterocycles. The van der Waals surface area contributed by atoms with Crippen LogP contribution in [0.2, 0.25) is 0 Å².